The second kappa shape index (κ2) is 11.2. The van der Waals surface area contributed by atoms with E-state index in [0.29, 0.717) is 12.2 Å². The summed E-state index contributed by atoms with van der Waals surface area (Å²) in [6.07, 6.45) is 13.5. The number of unbranched alkanes of at least 4 members (excludes halogenated alkanes) is 1. The molecule has 0 aliphatic carbocycles. The molecule has 138 valence electrons. The molecule has 0 saturated heterocycles. The third-order valence-electron chi connectivity index (χ3n) is 3.88. The maximum atomic E-state index is 12.5. The Morgan fingerprint density at radius 3 is 2.29 bits per heavy atom. The molecule has 0 aliphatic rings. The minimum atomic E-state index is -0.311. The first-order valence-corrected chi connectivity index (χ1v) is 9.09. The van der Waals surface area contributed by atoms with Crippen molar-refractivity contribution in [2.45, 2.75) is 85.3 Å². The van der Waals surface area contributed by atoms with Gasteiger partial charge in [-0.05, 0) is 60.5 Å². The molecule has 0 rings (SSSR count). The van der Waals surface area contributed by atoms with Crippen LogP contribution in [0, 0.1) is 0 Å². The standard InChI is InChI=1S/C21H37NO2/c1-8-11-14-18(13-10-3)19(23)22-20(4,5)16-17-24-21(6,7)15-12-9-2/h8,10-11,13-14H,9,12,15-17H2,1-7H3,(H,22,23)/b11-8-,13-10+,18-14+. The Morgan fingerprint density at radius 1 is 1.08 bits per heavy atom. The highest BCUT2D eigenvalue weighted by Gasteiger charge is 2.24. The fourth-order valence-electron chi connectivity index (χ4n) is 2.29. The van der Waals surface area contributed by atoms with Crippen LogP contribution >= 0.6 is 0 Å². The topological polar surface area (TPSA) is 38.3 Å². The Bertz CT molecular complexity index is 456. The fraction of sp³-hybridized carbons (Fsp3) is 0.667. The van der Waals surface area contributed by atoms with Crippen LogP contribution in [-0.2, 0) is 9.53 Å². The third kappa shape index (κ3) is 10.4. The quantitative estimate of drug-likeness (QED) is 0.409. The molecule has 0 aromatic heterocycles. The van der Waals surface area contributed by atoms with Gasteiger partial charge in [0, 0.05) is 17.7 Å². The summed E-state index contributed by atoms with van der Waals surface area (Å²) < 4.78 is 6.03. The van der Waals surface area contributed by atoms with Gasteiger partial charge in [0.2, 0.25) is 0 Å². The van der Waals surface area contributed by atoms with E-state index in [1.165, 1.54) is 12.8 Å². The van der Waals surface area contributed by atoms with E-state index in [1.54, 1.807) is 0 Å². The zero-order valence-corrected chi connectivity index (χ0v) is 16.7. The van der Waals surface area contributed by atoms with E-state index in [1.807, 2.05) is 58.1 Å². The van der Waals surface area contributed by atoms with Crippen LogP contribution in [0.15, 0.2) is 36.0 Å². The minimum absolute atomic E-state index is 0.0542. The minimum Gasteiger partial charge on any atom is -0.375 e. The molecule has 0 saturated carbocycles. The van der Waals surface area contributed by atoms with Crippen molar-refractivity contribution < 1.29 is 9.53 Å². The Labute approximate surface area is 149 Å². The highest BCUT2D eigenvalue weighted by atomic mass is 16.5. The molecule has 1 N–H and O–H groups in total. The number of hydrogen-bond donors (Lipinski definition) is 1. The van der Waals surface area contributed by atoms with Gasteiger partial charge in [-0.25, -0.2) is 0 Å². The van der Waals surface area contributed by atoms with Crippen molar-refractivity contribution in [2.75, 3.05) is 6.61 Å². The van der Waals surface area contributed by atoms with Crippen LogP contribution in [-0.4, -0.2) is 23.7 Å². The number of rotatable bonds is 11. The number of carbonyl (C=O) groups excluding carboxylic acids is 1. The molecule has 1 amide bonds. The maximum Gasteiger partial charge on any atom is 0.251 e. The van der Waals surface area contributed by atoms with E-state index in [2.05, 4.69) is 26.1 Å². The van der Waals surface area contributed by atoms with Gasteiger partial charge in [0.25, 0.3) is 5.91 Å². The molecule has 0 spiro atoms. The summed E-state index contributed by atoms with van der Waals surface area (Å²) in [5, 5.41) is 3.11. The number of carbonyl (C=O) groups is 1. The monoisotopic (exact) mass is 335 g/mol. The summed E-state index contributed by atoms with van der Waals surface area (Å²) in [5.74, 6) is -0.0542. The van der Waals surface area contributed by atoms with E-state index >= 15 is 0 Å². The van der Waals surface area contributed by atoms with Crippen LogP contribution in [0.4, 0.5) is 0 Å². The van der Waals surface area contributed by atoms with Gasteiger partial charge in [0.15, 0.2) is 0 Å². The first-order chi connectivity index (χ1) is 11.2. The molecule has 0 fully saturated rings. The number of ether oxygens (including phenoxy) is 1. The van der Waals surface area contributed by atoms with Crippen molar-refractivity contribution in [1.29, 1.82) is 0 Å². The second-order valence-corrected chi connectivity index (χ2v) is 7.45. The SMILES string of the molecule is C\C=C/C=C(\C=C\C)C(=O)NC(C)(C)CCOC(C)(C)CCCC. The van der Waals surface area contributed by atoms with Crippen LogP contribution < -0.4 is 5.32 Å². The summed E-state index contributed by atoms with van der Waals surface area (Å²) in [4.78, 5) is 12.5. The smallest absolute Gasteiger partial charge is 0.251 e. The van der Waals surface area contributed by atoms with E-state index in [-0.39, 0.29) is 17.0 Å². The molecular weight excluding hydrogens is 298 g/mol. The summed E-state index contributed by atoms with van der Waals surface area (Å²) in [6.45, 7) is 15.0. The van der Waals surface area contributed by atoms with Crippen LogP contribution in [0.3, 0.4) is 0 Å². The Hall–Kier alpha value is -1.35. The van der Waals surface area contributed by atoms with Crippen LogP contribution in [0.1, 0.15) is 74.1 Å². The Morgan fingerprint density at radius 2 is 1.75 bits per heavy atom. The normalized spacial score (nSPS) is 13.9. The van der Waals surface area contributed by atoms with Crippen molar-refractivity contribution in [2.24, 2.45) is 0 Å². The molecule has 24 heavy (non-hydrogen) atoms. The number of allylic oxidation sites excluding steroid dienone is 4. The molecule has 3 heteroatoms. The molecule has 0 bridgehead atoms. The average Bonchev–Trinajstić information content (AvgIpc) is 2.48. The summed E-state index contributed by atoms with van der Waals surface area (Å²) in [6, 6.07) is 0. The maximum absolute atomic E-state index is 12.5. The van der Waals surface area contributed by atoms with E-state index < -0.39 is 0 Å². The van der Waals surface area contributed by atoms with Gasteiger partial charge in [0.1, 0.15) is 0 Å². The molecule has 0 aromatic carbocycles. The van der Waals surface area contributed by atoms with Crippen LogP contribution in [0.5, 0.6) is 0 Å². The van der Waals surface area contributed by atoms with Gasteiger partial charge in [-0.3, -0.25) is 4.79 Å². The largest absolute Gasteiger partial charge is 0.375 e. The predicted octanol–water partition coefficient (Wildman–Crippen LogP) is 5.34. The molecule has 0 atom stereocenters. The van der Waals surface area contributed by atoms with Gasteiger partial charge >= 0.3 is 0 Å². The van der Waals surface area contributed by atoms with Crippen molar-refractivity contribution in [3.05, 3.63) is 36.0 Å². The molecule has 0 unspecified atom stereocenters. The molecule has 0 radical (unpaired) electrons. The van der Waals surface area contributed by atoms with E-state index in [0.717, 1.165) is 12.8 Å². The average molecular weight is 336 g/mol. The highest BCUT2D eigenvalue weighted by Crippen LogP contribution is 2.20. The first kappa shape index (κ1) is 22.6. The van der Waals surface area contributed by atoms with Crippen molar-refractivity contribution in [3.63, 3.8) is 0 Å². The lowest BCUT2D eigenvalue weighted by molar-refractivity contribution is -0.119. The second-order valence-electron chi connectivity index (χ2n) is 7.45. The Balaban J connectivity index is 4.59. The summed E-state index contributed by atoms with van der Waals surface area (Å²) >= 11 is 0. The number of hydrogen-bond acceptors (Lipinski definition) is 2. The molecule has 0 aromatic rings. The van der Waals surface area contributed by atoms with Crippen molar-refractivity contribution >= 4 is 5.91 Å². The molecular formula is C21H37NO2. The van der Waals surface area contributed by atoms with Gasteiger partial charge < -0.3 is 10.1 Å². The van der Waals surface area contributed by atoms with Gasteiger partial charge in [-0.2, -0.15) is 0 Å². The lowest BCUT2D eigenvalue weighted by atomic mass is 9.98. The summed E-state index contributed by atoms with van der Waals surface area (Å²) in [7, 11) is 0. The lowest BCUT2D eigenvalue weighted by Crippen LogP contribution is -2.45. The lowest BCUT2D eigenvalue weighted by Gasteiger charge is -2.30. The summed E-state index contributed by atoms with van der Waals surface area (Å²) in [5.41, 5.74) is 0.250. The molecule has 3 nitrogen and oxygen atoms in total. The predicted molar refractivity (Wildman–Crippen MR) is 104 cm³/mol. The zero-order chi connectivity index (χ0) is 18.6. The van der Waals surface area contributed by atoms with Gasteiger partial charge in [-0.1, -0.05) is 44.1 Å². The number of nitrogens with one attached hydrogen (secondary N) is 1. The zero-order valence-electron chi connectivity index (χ0n) is 16.7. The third-order valence-corrected chi connectivity index (χ3v) is 3.88. The van der Waals surface area contributed by atoms with Crippen LogP contribution in [0.25, 0.3) is 0 Å². The van der Waals surface area contributed by atoms with Crippen molar-refractivity contribution in [3.8, 4) is 0 Å². The highest BCUT2D eigenvalue weighted by molar-refractivity contribution is 5.96. The van der Waals surface area contributed by atoms with Crippen molar-refractivity contribution in [1.82, 2.24) is 5.32 Å². The molecule has 0 heterocycles. The number of amides is 1. The fourth-order valence-corrected chi connectivity index (χ4v) is 2.29. The van der Waals surface area contributed by atoms with Gasteiger partial charge in [-0.15, -0.1) is 0 Å². The van der Waals surface area contributed by atoms with Gasteiger partial charge in [0.05, 0.1) is 5.60 Å². The Kier molecular flexibility index (Phi) is 10.6. The molecule has 0 aliphatic heterocycles. The van der Waals surface area contributed by atoms with E-state index in [9.17, 15) is 4.79 Å². The first-order valence-electron chi connectivity index (χ1n) is 9.09. The van der Waals surface area contributed by atoms with E-state index in [4.69, 9.17) is 4.74 Å². The van der Waals surface area contributed by atoms with Crippen LogP contribution in [0.2, 0.25) is 0 Å².